The van der Waals surface area contributed by atoms with Crippen molar-refractivity contribution in [2.45, 2.75) is 18.7 Å². The van der Waals surface area contributed by atoms with E-state index in [2.05, 4.69) is 42.4 Å². The van der Waals surface area contributed by atoms with Crippen molar-refractivity contribution in [3.63, 3.8) is 0 Å². The molecule has 0 atom stereocenters. The van der Waals surface area contributed by atoms with Crippen LogP contribution in [0.15, 0.2) is 35.2 Å². The van der Waals surface area contributed by atoms with Gasteiger partial charge in [-0.2, -0.15) is 5.10 Å². The van der Waals surface area contributed by atoms with Crippen molar-refractivity contribution >= 4 is 11.8 Å². The van der Waals surface area contributed by atoms with Gasteiger partial charge < -0.3 is 0 Å². The number of aromatic nitrogens is 2. The fourth-order valence-electron chi connectivity index (χ4n) is 1.77. The van der Waals surface area contributed by atoms with Crippen LogP contribution in [0.5, 0.6) is 0 Å². The predicted molar refractivity (Wildman–Crippen MR) is 69.8 cm³/mol. The summed E-state index contributed by atoms with van der Waals surface area (Å²) in [7, 11) is 1.98. The molecule has 0 amide bonds. The summed E-state index contributed by atoms with van der Waals surface area (Å²) < 4.78 is 1.93. The number of thioether (sulfide) groups is 1. The standard InChI is InChI=1S/C13H16N2S/c1-4-16-12-7-5-11(6-8-12)13-9-10(2)14-15(13)3/h5-9H,4H2,1-3H3. The molecule has 0 bridgehead atoms. The van der Waals surface area contributed by atoms with Crippen LogP contribution in [0.25, 0.3) is 11.3 Å². The summed E-state index contributed by atoms with van der Waals surface area (Å²) in [6, 6.07) is 10.8. The monoisotopic (exact) mass is 232 g/mol. The lowest BCUT2D eigenvalue weighted by atomic mass is 10.1. The molecule has 0 spiro atoms. The first-order valence-corrected chi connectivity index (χ1v) is 6.43. The van der Waals surface area contributed by atoms with Gasteiger partial charge in [0.1, 0.15) is 0 Å². The van der Waals surface area contributed by atoms with Gasteiger partial charge in [0.25, 0.3) is 0 Å². The Morgan fingerprint density at radius 1 is 1.25 bits per heavy atom. The van der Waals surface area contributed by atoms with Crippen molar-refractivity contribution in [2.24, 2.45) is 7.05 Å². The lowest BCUT2D eigenvalue weighted by Gasteiger charge is -2.03. The van der Waals surface area contributed by atoms with Crippen molar-refractivity contribution in [2.75, 3.05) is 5.75 Å². The zero-order valence-electron chi connectivity index (χ0n) is 9.90. The maximum absolute atomic E-state index is 4.36. The van der Waals surface area contributed by atoms with Crippen molar-refractivity contribution in [1.82, 2.24) is 9.78 Å². The van der Waals surface area contributed by atoms with Crippen LogP contribution in [0.2, 0.25) is 0 Å². The lowest BCUT2D eigenvalue weighted by molar-refractivity contribution is 0.764. The van der Waals surface area contributed by atoms with E-state index in [0.717, 1.165) is 11.4 Å². The van der Waals surface area contributed by atoms with Crippen LogP contribution in [0, 0.1) is 6.92 Å². The first kappa shape index (κ1) is 11.3. The first-order chi connectivity index (χ1) is 7.70. The molecule has 0 fully saturated rings. The fourth-order valence-corrected chi connectivity index (χ4v) is 2.43. The van der Waals surface area contributed by atoms with E-state index in [1.807, 2.05) is 30.4 Å². The highest BCUT2D eigenvalue weighted by Gasteiger charge is 2.04. The van der Waals surface area contributed by atoms with Gasteiger partial charge in [-0.1, -0.05) is 19.1 Å². The van der Waals surface area contributed by atoms with Crippen molar-refractivity contribution in [1.29, 1.82) is 0 Å². The Hall–Kier alpha value is -1.22. The molecular weight excluding hydrogens is 216 g/mol. The van der Waals surface area contributed by atoms with Gasteiger partial charge in [-0.25, -0.2) is 0 Å². The van der Waals surface area contributed by atoms with Crippen molar-refractivity contribution in [3.05, 3.63) is 36.0 Å². The number of aryl methyl sites for hydroxylation is 2. The quantitative estimate of drug-likeness (QED) is 0.754. The predicted octanol–water partition coefficient (Wildman–Crippen LogP) is 3.51. The Morgan fingerprint density at radius 2 is 1.94 bits per heavy atom. The Morgan fingerprint density at radius 3 is 2.44 bits per heavy atom. The SMILES string of the molecule is CCSc1ccc(-c2cc(C)nn2C)cc1. The van der Waals surface area contributed by atoms with E-state index < -0.39 is 0 Å². The van der Waals surface area contributed by atoms with Gasteiger partial charge in [0.05, 0.1) is 11.4 Å². The molecule has 1 heterocycles. The maximum atomic E-state index is 4.36. The van der Waals surface area contributed by atoms with Gasteiger partial charge in [-0.15, -0.1) is 11.8 Å². The Balaban J connectivity index is 2.31. The molecule has 1 aromatic carbocycles. The van der Waals surface area contributed by atoms with Crippen LogP contribution < -0.4 is 0 Å². The fraction of sp³-hybridized carbons (Fsp3) is 0.308. The van der Waals surface area contributed by atoms with Crippen LogP contribution in [-0.4, -0.2) is 15.5 Å². The van der Waals surface area contributed by atoms with E-state index in [0.29, 0.717) is 0 Å². The molecule has 2 aromatic rings. The second-order valence-corrected chi connectivity index (χ2v) is 5.09. The third-order valence-corrected chi connectivity index (χ3v) is 3.36. The molecular formula is C13H16N2S. The smallest absolute Gasteiger partial charge is 0.0681 e. The molecule has 0 N–H and O–H groups in total. The molecule has 1 aromatic heterocycles. The summed E-state index contributed by atoms with van der Waals surface area (Å²) in [5.74, 6) is 1.12. The summed E-state index contributed by atoms with van der Waals surface area (Å²) in [5.41, 5.74) is 3.46. The van der Waals surface area contributed by atoms with Crippen LogP contribution in [0.1, 0.15) is 12.6 Å². The van der Waals surface area contributed by atoms with Gasteiger partial charge in [-0.3, -0.25) is 4.68 Å². The van der Waals surface area contributed by atoms with Crippen LogP contribution in [0.3, 0.4) is 0 Å². The summed E-state index contributed by atoms with van der Waals surface area (Å²) >= 11 is 1.87. The van der Waals surface area contributed by atoms with Crippen LogP contribution in [-0.2, 0) is 7.05 Å². The average molecular weight is 232 g/mol. The van der Waals surface area contributed by atoms with Gasteiger partial charge in [0.15, 0.2) is 0 Å². The summed E-state index contributed by atoms with van der Waals surface area (Å²) in [6.07, 6.45) is 0. The van der Waals surface area contributed by atoms with Crippen LogP contribution >= 0.6 is 11.8 Å². The first-order valence-electron chi connectivity index (χ1n) is 5.44. The molecule has 0 unspecified atom stereocenters. The zero-order chi connectivity index (χ0) is 11.5. The average Bonchev–Trinajstić information content (AvgIpc) is 2.59. The normalized spacial score (nSPS) is 10.7. The van der Waals surface area contributed by atoms with E-state index in [-0.39, 0.29) is 0 Å². The van der Waals surface area contributed by atoms with Gasteiger partial charge in [0, 0.05) is 11.9 Å². The van der Waals surface area contributed by atoms with Gasteiger partial charge in [-0.05, 0) is 36.4 Å². The highest BCUT2D eigenvalue weighted by molar-refractivity contribution is 7.99. The maximum Gasteiger partial charge on any atom is 0.0681 e. The molecule has 2 nitrogen and oxygen atoms in total. The molecule has 0 saturated heterocycles. The van der Waals surface area contributed by atoms with E-state index in [1.165, 1.54) is 16.2 Å². The molecule has 0 saturated carbocycles. The van der Waals surface area contributed by atoms with E-state index in [1.54, 1.807) is 0 Å². The van der Waals surface area contributed by atoms with Crippen molar-refractivity contribution < 1.29 is 0 Å². The molecule has 0 aliphatic heterocycles. The Kier molecular flexibility index (Phi) is 3.34. The molecule has 3 heteroatoms. The van der Waals surface area contributed by atoms with Crippen LogP contribution in [0.4, 0.5) is 0 Å². The number of rotatable bonds is 3. The third kappa shape index (κ3) is 2.30. The molecule has 16 heavy (non-hydrogen) atoms. The minimum Gasteiger partial charge on any atom is -0.268 e. The highest BCUT2D eigenvalue weighted by Crippen LogP contribution is 2.24. The molecule has 0 aliphatic carbocycles. The number of hydrogen-bond acceptors (Lipinski definition) is 2. The molecule has 0 aliphatic rings. The molecule has 84 valence electrons. The summed E-state index contributed by atoms with van der Waals surface area (Å²) in [6.45, 7) is 4.19. The lowest BCUT2D eigenvalue weighted by Crippen LogP contribution is -1.93. The third-order valence-electron chi connectivity index (χ3n) is 2.46. The van der Waals surface area contributed by atoms with E-state index in [4.69, 9.17) is 0 Å². The second-order valence-electron chi connectivity index (χ2n) is 3.75. The highest BCUT2D eigenvalue weighted by atomic mass is 32.2. The molecule has 0 radical (unpaired) electrons. The number of nitrogens with zero attached hydrogens (tertiary/aromatic N) is 2. The van der Waals surface area contributed by atoms with E-state index in [9.17, 15) is 0 Å². The zero-order valence-corrected chi connectivity index (χ0v) is 10.7. The topological polar surface area (TPSA) is 17.8 Å². The van der Waals surface area contributed by atoms with Gasteiger partial charge in [0.2, 0.25) is 0 Å². The van der Waals surface area contributed by atoms with Gasteiger partial charge >= 0.3 is 0 Å². The second kappa shape index (κ2) is 4.74. The van der Waals surface area contributed by atoms with Crippen molar-refractivity contribution in [3.8, 4) is 11.3 Å². The summed E-state index contributed by atoms with van der Waals surface area (Å²) in [5, 5.41) is 4.36. The summed E-state index contributed by atoms with van der Waals surface area (Å²) in [4.78, 5) is 1.32. The largest absolute Gasteiger partial charge is 0.268 e. The molecule has 2 rings (SSSR count). The minimum absolute atomic E-state index is 1.06. The number of benzene rings is 1. The van der Waals surface area contributed by atoms with E-state index >= 15 is 0 Å². The minimum atomic E-state index is 1.06. The Bertz CT molecular complexity index is 471. The Labute approximate surface area is 101 Å². The number of hydrogen-bond donors (Lipinski definition) is 0.